The molecule has 1 unspecified atom stereocenters. The Bertz CT molecular complexity index is 789. The van der Waals surface area contributed by atoms with E-state index in [4.69, 9.17) is 0 Å². The van der Waals surface area contributed by atoms with Crippen molar-refractivity contribution in [2.75, 3.05) is 0 Å². The van der Waals surface area contributed by atoms with Crippen molar-refractivity contribution < 1.29 is 0 Å². The van der Waals surface area contributed by atoms with Gasteiger partial charge in [-0.3, -0.25) is 0 Å². The van der Waals surface area contributed by atoms with Gasteiger partial charge in [0.15, 0.2) is 12.4 Å². The molecule has 3 rings (SSSR count). The quantitative estimate of drug-likeness (QED) is 0.132. The van der Waals surface area contributed by atoms with Crippen LogP contribution in [0.15, 0.2) is 70.6 Å². The summed E-state index contributed by atoms with van der Waals surface area (Å²) in [5.41, 5.74) is 2.83. The van der Waals surface area contributed by atoms with Crippen LogP contribution in [0.25, 0.3) is 0 Å². The maximum atomic E-state index is 4.69. The zero-order valence-electron chi connectivity index (χ0n) is 22.8. The molecule has 0 radical (unpaired) electrons. The summed E-state index contributed by atoms with van der Waals surface area (Å²) < 4.78 is 0. The summed E-state index contributed by atoms with van der Waals surface area (Å²) in [5, 5.41) is 0. The van der Waals surface area contributed by atoms with Crippen molar-refractivity contribution >= 4 is 12.4 Å². The van der Waals surface area contributed by atoms with Crippen LogP contribution in [0.3, 0.4) is 0 Å². The maximum Gasteiger partial charge on any atom is 0.244 e. The molecule has 0 aromatic heterocycles. The van der Waals surface area contributed by atoms with E-state index in [1.165, 1.54) is 101 Å². The first-order chi connectivity index (χ1) is 17.9. The predicted molar refractivity (Wildman–Crippen MR) is 158 cm³/mol. The molecule has 1 aliphatic heterocycles. The Kier molecular flexibility index (Phi) is 14.1. The molecule has 2 aromatic carbocycles. The Balaban J connectivity index is 1.44. The Hall–Kier alpha value is -2.35. The zero-order chi connectivity index (χ0) is 25.1. The summed E-state index contributed by atoms with van der Waals surface area (Å²) in [5.74, 6) is 0.919. The second kappa shape index (κ2) is 18.0. The van der Waals surface area contributed by atoms with Gasteiger partial charge in [-0.1, -0.05) is 161 Å². The molecule has 0 N–H and O–H groups in total. The average Bonchev–Trinajstić information content (AvgIpc) is 3.45. The van der Waals surface area contributed by atoms with Crippen molar-refractivity contribution in [3.05, 3.63) is 78.0 Å². The van der Waals surface area contributed by atoms with E-state index in [1.807, 2.05) is 12.4 Å². The van der Waals surface area contributed by atoms with Gasteiger partial charge in [0.1, 0.15) is 0 Å². The summed E-state index contributed by atoms with van der Waals surface area (Å²) in [6.45, 7) is 2.30. The molecule has 1 aliphatic rings. The van der Waals surface area contributed by atoms with Crippen LogP contribution in [0.1, 0.15) is 108 Å². The van der Waals surface area contributed by atoms with Gasteiger partial charge in [-0.25, -0.2) is 0 Å². The van der Waals surface area contributed by atoms with Crippen molar-refractivity contribution in [3.8, 4) is 0 Å². The fraction of sp³-hybridized carbons (Fsp3) is 0.559. The normalized spacial score (nSPS) is 13.7. The summed E-state index contributed by atoms with van der Waals surface area (Å²) in [6.07, 6.45) is 26.3. The van der Waals surface area contributed by atoms with Crippen LogP contribution in [-0.4, -0.2) is 12.4 Å². The Morgan fingerprint density at radius 3 is 1.42 bits per heavy atom. The van der Waals surface area contributed by atoms with Gasteiger partial charge in [0, 0.05) is 0 Å². The summed E-state index contributed by atoms with van der Waals surface area (Å²) >= 11 is 0. The van der Waals surface area contributed by atoms with E-state index in [-0.39, 0.29) is 0 Å². The number of hydrogen-bond donors (Lipinski definition) is 0. The summed E-state index contributed by atoms with van der Waals surface area (Å²) in [6, 6.07) is 22.0. The summed E-state index contributed by atoms with van der Waals surface area (Å²) in [7, 11) is 0. The Labute approximate surface area is 221 Å². The largest absolute Gasteiger partial charge is 0.244 e. The van der Waals surface area contributed by atoms with Crippen LogP contribution < -0.4 is 0 Å². The lowest BCUT2D eigenvalue weighted by Gasteiger charge is -2.26. The van der Waals surface area contributed by atoms with E-state index in [0.29, 0.717) is 11.8 Å². The topological polar surface area (TPSA) is 24.7 Å². The minimum absolute atomic E-state index is 0.410. The van der Waals surface area contributed by atoms with Gasteiger partial charge < -0.3 is 0 Å². The van der Waals surface area contributed by atoms with Crippen molar-refractivity contribution in [2.24, 2.45) is 21.8 Å². The SMILES string of the molecule is CCCCCCCCCCCCCCCC([C+]1N=CC=N1)C(Cc1ccccc1)Cc1ccccc1. The van der Waals surface area contributed by atoms with E-state index in [9.17, 15) is 0 Å². The molecule has 2 heteroatoms. The highest BCUT2D eigenvalue weighted by atomic mass is 15.0. The first-order valence-corrected chi connectivity index (χ1v) is 14.9. The van der Waals surface area contributed by atoms with Crippen LogP contribution >= 0.6 is 0 Å². The van der Waals surface area contributed by atoms with Gasteiger partial charge in [0.05, 0.1) is 5.92 Å². The predicted octanol–water partition coefficient (Wildman–Crippen LogP) is 9.83. The number of unbranched alkanes of at least 4 members (excludes halogenated alkanes) is 12. The number of hydrogen-bond acceptors (Lipinski definition) is 2. The lowest BCUT2D eigenvalue weighted by Crippen LogP contribution is -2.24. The molecule has 36 heavy (non-hydrogen) atoms. The highest BCUT2D eigenvalue weighted by Gasteiger charge is 2.35. The molecule has 2 aromatic rings. The first-order valence-electron chi connectivity index (χ1n) is 14.9. The molecule has 1 atom stereocenters. The van der Waals surface area contributed by atoms with E-state index >= 15 is 0 Å². The Morgan fingerprint density at radius 1 is 0.556 bits per heavy atom. The van der Waals surface area contributed by atoms with Crippen molar-refractivity contribution in [3.63, 3.8) is 0 Å². The molecular formula is C34H49N2+. The van der Waals surface area contributed by atoms with Crippen molar-refractivity contribution in [1.29, 1.82) is 0 Å². The third-order valence-corrected chi connectivity index (χ3v) is 7.68. The van der Waals surface area contributed by atoms with Gasteiger partial charge in [-0.2, -0.15) is 0 Å². The second-order valence-electron chi connectivity index (χ2n) is 10.7. The molecule has 0 saturated heterocycles. The molecule has 0 saturated carbocycles. The van der Waals surface area contributed by atoms with E-state index < -0.39 is 0 Å². The fourth-order valence-corrected chi connectivity index (χ4v) is 5.59. The minimum Gasteiger partial charge on any atom is -0.0965 e. The van der Waals surface area contributed by atoms with Crippen LogP contribution in [0.5, 0.6) is 0 Å². The molecule has 0 bridgehead atoms. The van der Waals surface area contributed by atoms with E-state index in [1.54, 1.807) is 0 Å². The van der Waals surface area contributed by atoms with Gasteiger partial charge in [-0.05, 0) is 36.3 Å². The number of nitrogens with zero attached hydrogens (tertiary/aromatic N) is 2. The Morgan fingerprint density at radius 2 is 0.972 bits per heavy atom. The molecular weight excluding hydrogens is 436 g/mol. The monoisotopic (exact) mass is 485 g/mol. The number of aliphatic imine (C=N–C) groups is 2. The number of benzene rings is 2. The first kappa shape index (κ1) is 28.2. The minimum atomic E-state index is 0.410. The van der Waals surface area contributed by atoms with E-state index in [2.05, 4.69) is 77.6 Å². The second-order valence-corrected chi connectivity index (χ2v) is 10.7. The highest BCUT2D eigenvalue weighted by Crippen LogP contribution is 2.36. The van der Waals surface area contributed by atoms with E-state index in [0.717, 1.165) is 19.0 Å². The van der Waals surface area contributed by atoms with Crippen molar-refractivity contribution in [1.82, 2.24) is 0 Å². The molecule has 0 amide bonds. The molecule has 2 nitrogen and oxygen atoms in total. The summed E-state index contributed by atoms with van der Waals surface area (Å²) in [4.78, 5) is 9.38. The van der Waals surface area contributed by atoms with Gasteiger partial charge >= 0.3 is 0 Å². The third kappa shape index (κ3) is 11.1. The molecule has 194 valence electrons. The van der Waals surface area contributed by atoms with Crippen molar-refractivity contribution in [2.45, 2.75) is 110 Å². The average molecular weight is 486 g/mol. The lowest BCUT2D eigenvalue weighted by atomic mass is 9.78. The third-order valence-electron chi connectivity index (χ3n) is 7.68. The van der Waals surface area contributed by atoms with Crippen LogP contribution in [0.4, 0.5) is 0 Å². The van der Waals surface area contributed by atoms with Crippen LogP contribution in [-0.2, 0) is 12.8 Å². The molecule has 0 aliphatic carbocycles. The molecule has 1 heterocycles. The smallest absolute Gasteiger partial charge is 0.0965 e. The van der Waals surface area contributed by atoms with Gasteiger partial charge in [0.2, 0.25) is 6.17 Å². The highest BCUT2D eigenvalue weighted by molar-refractivity contribution is 6.18. The zero-order valence-corrected chi connectivity index (χ0v) is 22.8. The number of rotatable bonds is 20. The van der Waals surface area contributed by atoms with Crippen LogP contribution in [0.2, 0.25) is 0 Å². The molecule has 0 fully saturated rings. The fourth-order valence-electron chi connectivity index (χ4n) is 5.59. The van der Waals surface area contributed by atoms with Gasteiger partial charge in [0.25, 0.3) is 0 Å². The standard InChI is InChI=1S/C34H49N2/c1-2-3-4-5-6-7-8-9-10-11-12-13-20-25-33(34-35-26-27-36-34)32(28-30-21-16-14-17-22-30)29-31-23-18-15-19-24-31/h14-19,21-24,26-27,32-33H,2-13,20,25,28-29H2,1H3/q+1. The molecule has 0 spiro atoms. The lowest BCUT2D eigenvalue weighted by molar-refractivity contribution is 0.306. The van der Waals surface area contributed by atoms with Crippen LogP contribution in [0, 0.1) is 18.0 Å². The maximum absolute atomic E-state index is 4.69. The van der Waals surface area contributed by atoms with Gasteiger partial charge in [-0.15, -0.1) is 0 Å².